The summed E-state index contributed by atoms with van der Waals surface area (Å²) < 4.78 is 4.43. The number of hydrogen-bond acceptors (Lipinski definition) is 4. The molecule has 0 bridgehead atoms. The third kappa shape index (κ3) is 5.19. The predicted octanol–water partition coefficient (Wildman–Crippen LogP) is -0.599. The molecule has 0 radical (unpaired) electrons. The molecular formula is C8H16N2O3. The maximum absolute atomic E-state index is 11.1. The van der Waals surface area contributed by atoms with Gasteiger partial charge >= 0.3 is 5.97 Å². The number of nitrogens with one attached hydrogen (secondary N) is 1. The van der Waals surface area contributed by atoms with E-state index in [1.165, 1.54) is 7.11 Å². The summed E-state index contributed by atoms with van der Waals surface area (Å²) in [7, 11) is 1.27. The predicted molar refractivity (Wildman–Crippen MR) is 47.9 cm³/mol. The van der Waals surface area contributed by atoms with Crippen molar-refractivity contribution in [2.24, 2.45) is 5.73 Å². The zero-order chi connectivity index (χ0) is 10.4. The molecule has 76 valence electrons. The molecule has 0 saturated heterocycles. The van der Waals surface area contributed by atoms with Crippen molar-refractivity contribution in [3.8, 4) is 0 Å². The van der Waals surface area contributed by atoms with E-state index in [-0.39, 0.29) is 18.4 Å². The first-order valence-corrected chi connectivity index (χ1v) is 4.10. The summed E-state index contributed by atoms with van der Waals surface area (Å²) in [6.07, 6.45) is 0.210. The topological polar surface area (TPSA) is 81.4 Å². The fraction of sp³-hybridized carbons (Fsp3) is 0.750. The van der Waals surface area contributed by atoms with Crippen molar-refractivity contribution < 1.29 is 14.3 Å². The molecule has 5 nitrogen and oxygen atoms in total. The maximum Gasteiger partial charge on any atom is 0.328 e. The summed E-state index contributed by atoms with van der Waals surface area (Å²) in [5, 5.41) is 2.47. The van der Waals surface area contributed by atoms with Gasteiger partial charge in [-0.2, -0.15) is 0 Å². The van der Waals surface area contributed by atoms with Crippen molar-refractivity contribution in [3.63, 3.8) is 0 Å². The second kappa shape index (κ2) is 5.53. The Bertz CT molecular complexity index is 192. The van der Waals surface area contributed by atoms with E-state index in [1.54, 1.807) is 13.8 Å². The molecule has 0 aromatic rings. The van der Waals surface area contributed by atoms with Crippen LogP contribution in [0.15, 0.2) is 0 Å². The number of carbonyl (C=O) groups is 2. The lowest BCUT2D eigenvalue weighted by atomic mass is 10.2. The molecule has 2 atom stereocenters. The van der Waals surface area contributed by atoms with Gasteiger partial charge in [-0.1, -0.05) is 0 Å². The fourth-order valence-corrected chi connectivity index (χ4v) is 0.829. The molecule has 0 rings (SSSR count). The number of carbonyl (C=O) groups excluding carboxylic acids is 2. The highest BCUT2D eigenvalue weighted by atomic mass is 16.5. The Hall–Kier alpha value is -1.10. The first-order chi connectivity index (χ1) is 5.97. The molecule has 1 unspecified atom stereocenters. The summed E-state index contributed by atoms with van der Waals surface area (Å²) in [5.41, 5.74) is 5.40. The maximum atomic E-state index is 11.1. The Morgan fingerprint density at radius 1 is 1.46 bits per heavy atom. The van der Waals surface area contributed by atoms with Crippen LogP contribution in [0.1, 0.15) is 20.3 Å². The van der Waals surface area contributed by atoms with E-state index in [1.807, 2.05) is 0 Å². The van der Waals surface area contributed by atoms with Crippen molar-refractivity contribution in [2.45, 2.75) is 32.4 Å². The first-order valence-electron chi connectivity index (χ1n) is 4.10. The molecule has 0 saturated carbocycles. The number of rotatable bonds is 4. The summed E-state index contributed by atoms with van der Waals surface area (Å²) in [6.45, 7) is 3.29. The molecule has 0 heterocycles. The van der Waals surface area contributed by atoms with Gasteiger partial charge in [0, 0.05) is 12.5 Å². The molecule has 0 aliphatic heterocycles. The summed E-state index contributed by atoms with van der Waals surface area (Å²) >= 11 is 0. The number of methoxy groups -OCH3 is 1. The molecule has 0 spiro atoms. The minimum Gasteiger partial charge on any atom is -0.467 e. The molecule has 1 amide bonds. The largest absolute Gasteiger partial charge is 0.467 e. The average Bonchev–Trinajstić information content (AvgIpc) is 2.01. The molecule has 0 aromatic carbocycles. The summed E-state index contributed by atoms with van der Waals surface area (Å²) in [6, 6.07) is -0.818. The van der Waals surface area contributed by atoms with Gasteiger partial charge in [-0.15, -0.1) is 0 Å². The van der Waals surface area contributed by atoms with Crippen LogP contribution in [0.5, 0.6) is 0 Å². The lowest BCUT2D eigenvalue weighted by Crippen LogP contribution is -2.41. The monoisotopic (exact) mass is 188 g/mol. The van der Waals surface area contributed by atoms with E-state index in [4.69, 9.17) is 5.73 Å². The van der Waals surface area contributed by atoms with Crippen LogP contribution in [-0.2, 0) is 14.3 Å². The van der Waals surface area contributed by atoms with Crippen LogP contribution in [0, 0.1) is 0 Å². The van der Waals surface area contributed by atoms with Crippen molar-refractivity contribution in [3.05, 3.63) is 0 Å². The van der Waals surface area contributed by atoms with Crippen LogP contribution in [0.2, 0.25) is 0 Å². The second-order valence-electron chi connectivity index (χ2n) is 2.99. The van der Waals surface area contributed by atoms with E-state index in [0.29, 0.717) is 0 Å². The lowest BCUT2D eigenvalue weighted by Gasteiger charge is -2.12. The van der Waals surface area contributed by atoms with E-state index in [0.717, 1.165) is 0 Å². The fourth-order valence-electron chi connectivity index (χ4n) is 0.829. The van der Waals surface area contributed by atoms with Gasteiger partial charge in [-0.3, -0.25) is 4.79 Å². The minimum absolute atomic E-state index is 0.204. The number of hydrogen-bond donors (Lipinski definition) is 2. The lowest BCUT2D eigenvalue weighted by molar-refractivity contribution is -0.144. The van der Waals surface area contributed by atoms with Crippen LogP contribution < -0.4 is 11.1 Å². The zero-order valence-electron chi connectivity index (χ0n) is 8.16. The van der Waals surface area contributed by atoms with Crippen LogP contribution in [0.25, 0.3) is 0 Å². The van der Waals surface area contributed by atoms with Crippen LogP contribution >= 0.6 is 0 Å². The minimum atomic E-state index is -0.615. The van der Waals surface area contributed by atoms with Gasteiger partial charge in [-0.25, -0.2) is 4.79 Å². The van der Waals surface area contributed by atoms with Crippen molar-refractivity contribution in [1.82, 2.24) is 5.32 Å². The molecule has 3 N–H and O–H groups in total. The Balaban J connectivity index is 3.85. The third-order valence-corrected chi connectivity index (χ3v) is 1.44. The van der Waals surface area contributed by atoms with E-state index in [2.05, 4.69) is 10.1 Å². The summed E-state index contributed by atoms with van der Waals surface area (Å²) in [4.78, 5) is 22.0. The van der Waals surface area contributed by atoms with Crippen molar-refractivity contribution in [2.75, 3.05) is 7.11 Å². The first kappa shape index (κ1) is 11.9. The Kier molecular flexibility index (Phi) is 5.06. The van der Waals surface area contributed by atoms with Gasteiger partial charge in [0.1, 0.15) is 6.04 Å². The van der Waals surface area contributed by atoms with Crippen LogP contribution in [0.3, 0.4) is 0 Å². The van der Waals surface area contributed by atoms with Crippen LogP contribution in [-0.4, -0.2) is 31.1 Å². The van der Waals surface area contributed by atoms with E-state index in [9.17, 15) is 9.59 Å². The third-order valence-electron chi connectivity index (χ3n) is 1.44. The smallest absolute Gasteiger partial charge is 0.328 e. The van der Waals surface area contributed by atoms with Gasteiger partial charge in [0.15, 0.2) is 0 Å². The van der Waals surface area contributed by atoms with Gasteiger partial charge in [0.2, 0.25) is 5.91 Å². The number of ether oxygens (including phenoxy) is 1. The molecule has 0 aliphatic rings. The second-order valence-corrected chi connectivity index (χ2v) is 2.99. The SMILES string of the molecule is COC(=O)[C@H](C)NC(=O)CC(C)N. The Morgan fingerprint density at radius 3 is 2.38 bits per heavy atom. The number of nitrogens with two attached hydrogens (primary N) is 1. The summed E-state index contributed by atoms with van der Waals surface area (Å²) in [5.74, 6) is -0.703. The quantitative estimate of drug-likeness (QED) is 0.577. The molecule has 5 heteroatoms. The standard InChI is InChI=1S/C8H16N2O3/c1-5(9)4-7(11)10-6(2)8(12)13-3/h5-6H,4,9H2,1-3H3,(H,10,11)/t5?,6-/m0/s1. The highest BCUT2D eigenvalue weighted by Crippen LogP contribution is 1.90. The molecule has 13 heavy (non-hydrogen) atoms. The number of amides is 1. The van der Waals surface area contributed by atoms with Gasteiger partial charge in [0.05, 0.1) is 7.11 Å². The van der Waals surface area contributed by atoms with Crippen molar-refractivity contribution >= 4 is 11.9 Å². The van der Waals surface area contributed by atoms with Crippen molar-refractivity contribution in [1.29, 1.82) is 0 Å². The van der Waals surface area contributed by atoms with Gasteiger partial charge < -0.3 is 15.8 Å². The molecule has 0 aromatic heterocycles. The van der Waals surface area contributed by atoms with Gasteiger partial charge in [0.25, 0.3) is 0 Å². The highest BCUT2D eigenvalue weighted by Gasteiger charge is 2.15. The molecule has 0 fully saturated rings. The zero-order valence-corrected chi connectivity index (χ0v) is 8.16. The Morgan fingerprint density at radius 2 is 2.00 bits per heavy atom. The van der Waals surface area contributed by atoms with Crippen LogP contribution in [0.4, 0.5) is 0 Å². The average molecular weight is 188 g/mol. The molecular weight excluding hydrogens is 172 g/mol. The Labute approximate surface area is 77.6 Å². The van der Waals surface area contributed by atoms with Gasteiger partial charge in [-0.05, 0) is 13.8 Å². The van der Waals surface area contributed by atoms with E-state index >= 15 is 0 Å². The normalized spacial score (nSPS) is 14.5. The number of esters is 1. The highest BCUT2D eigenvalue weighted by molar-refractivity contribution is 5.84. The molecule has 0 aliphatic carbocycles. The van der Waals surface area contributed by atoms with E-state index < -0.39 is 12.0 Å².